The smallest absolute Gasteiger partial charge is 0.196 e. The van der Waals surface area contributed by atoms with Gasteiger partial charge in [-0.3, -0.25) is 0 Å². The van der Waals surface area contributed by atoms with Crippen LogP contribution in [0, 0.1) is 24.4 Å². The summed E-state index contributed by atoms with van der Waals surface area (Å²) in [7, 11) is 0. The maximum Gasteiger partial charge on any atom is 0.196 e. The molecule has 0 radical (unpaired) electrons. The Morgan fingerprint density at radius 2 is 1.95 bits per heavy atom. The van der Waals surface area contributed by atoms with Gasteiger partial charge in [0.2, 0.25) is 0 Å². The molecule has 0 saturated heterocycles. The summed E-state index contributed by atoms with van der Waals surface area (Å²) in [5.74, 6) is -4.13. The number of aromatic nitrogens is 1. The van der Waals surface area contributed by atoms with Crippen molar-refractivity contribution in [2.45, 2.75) is 13.5 Å². The maximum atomic E-state index is 13.8. The molecule has 1 heterocycles. The molecular weight excluding hydrogens is 337 g/mol. The minimum absolute atomic E-state index is 0.101. The van der Waals surface area contributed by atoms with Crippen LogP contribution in [0.3, 0.4) is 0 Å². The number of aliphatic hydroxyl groups is 1. The predicted octanol–water partition coefficient (Wildman–Crippen LogP) is 3.81. The second-order valence-corrected chi connectivity index (χ2v) is 5.00. The summed E-state index contributed by atoms with van der Waals surface area (Å²) >= 11 is 3.23. The van der Waals surface area contributed by atoms with Gasteiger partial charge in [0, 0.05) is 11.8 Å². The number of hydrogen-bond donors (Lipinski definition) is 2. The first-order valence-corrected chi connectivity index (χ1v) is 6.39. The minimum Gasteiger partial charge on any atom is -0.392 e. The van der Waals surface area contributed by atoms with Gasteiger partial charge in [0.05, 0.1) is 16.8 Å². The summed E-state index contributed by atoms with van der Waals surface area (Å²) in [6, 6.07) is 2.47. The number of aliphatic hydroxyl groups excluding tert-OH is 1. The molecule has 7 heteroatoms. The van der Waals surface area contributed by atoms with Crippen LogP contribution in [0.15, 0.2) is 22.8 Å². The Labute approximate surface area is 121 Å². The minimum atomic E-state index is -1.60. The molecule has 0 spiro atoms. The van der Waals surface area contributed by atoms with Crippen LogP contribution in [0.5, 0.6) is 0 Å². The maximum absolute atomic E-state index is 13.8. The molecule has 0 saturated carbocycles. The summed E-state index contributed by atoms with van der Waals surface area (Å²) in [6.45, 7) is 1.18. The van der Waals surface area contributed by atoms with E-state index in [-0.39, 0.29) is 17.1 Å². The average molecular weight is 347 g/mol. The highest BCUT2D eigenvalue weighted by molar-refractivity contribution is 9.10. The molecule has 3 nitrogen and oxygen atoms in total. The molecule has 106 valence electrons. The van der Waals surface area contributed by atoms with Crippen molar-refractivity contribution >= 4 is 27.4 Å². The Balaban J connectivity index is 2.50. The molecule has 0 aliphatic carbocycles. The van der Waals surface area contributed by atoms with Gasteiger partial charge in [-0.2, -0.15) is 0 Å². The molecular formula is C13H10BrF3N2O. The molecule has 0 aliphatic heterocycles. The molecule has 0 atom stereocenters. The van der Waals surface area contributed by atoms with Crippen LogP contribution in [-0.4, -0.2) is 10.1 Å². The monoisotopic (exact) mass is 346 g/mol. The van der Waals surface area contributed by atoms with Gasteiger partial charge >= 0.3 is 0 Å². The van der Waals surface area contributed by atoms with Crippen molar-refractivity contribution in [3.63, 3.8) is 0 Å². The number of halogens is 4. The number of benzene rings is 1. The number of anilines is 2. The number of aryl methyl sites for hydroxylation is 1. The van der Waals surface area contributed by atoms with E-state index in [4.69, 9.17) is 5.11 Å². The predicted molar refractivity (Wildman–Crippen MR) is 72.2 cm³/mol. The second kappa shape index (κ2) is 5.80. The van der Waals surface area contributed by atoms with Crippen LogP contribution < -0.4 is 5.32 Å². The van der Waals surface area contributed by atoms with Crippen molar-refractivity contribution in [3.05, 3.63) is 51.4 Å². The van der Waals surface area contributed by atoms with Crippen LogP contribution in [0.4, 0.5) is 24.7 Å². The molecule has 0 amide bonds. The number of nitrogens with zero attached hydrogens (tertiary/aromatic N) is 1. The van der Waals surface area contributed by atoms with Gasteiger partial charge in [0.1, 0.15) is 5.82 Å². The van der Waals surface area contributed by atoms with Gasteiger partial charge in [-0.1, -0.05) is 0 Å². The third-order valence-electron chi connectivity index (χ3n) is 2.64. The van der Waals surface area contributed by atoms with Gasteiger partial charge in [-0.15, -0.1) is 0 Å². The lowest BCUT2D eigenvalue weighted by Gasteiger charge is -2.13. The first-order valence-electron chi connectivity index (χ1n) is 5.60. The van der Waals surface area contributed by atoms with Crippen molar-refractivity contribution in [2.24, 2.45) is 0 Å². The van der Waals surface area contributed by atoms with Gasteiger partial charge < -0.3 is 10.4 Å². The Morgan fingerprint density at radius 3 is 2.55 bits per heavy atom. The van der Waals surface area contributed by atoms with Crippen molar-refractivity contribution in [1.29, 1.82) is 0 Å². The van der Waals surface area contributed by atoms with Crippen LogP contribution >= 0.6 is 15.9 Å². The molecule has 0 aliphatic rings. The quantitative estimate of drug-likeness (QED) is 0.830. The zero-order valence-corrected chi connectivity index (χ0v) is 11.9. The van der Waals surface area contributed by atoms with Crippen LogP contribution in [0.25, 0.3) is 0 Å². The first kappa shape index (κ1) is 14.8. The lowest BCUT2D eigenvalue weighted by Crippen LogP contribution is -2.05. The summed E-state index contributed by atoms with van der Waals surface area (Å²) < 4.78 is 40.7. The lowest BCUT2D eigenvalue weighted by atomic mass is 10.1. The van der Waals surface area contributed by atoms with Crippen molar-refractivity contribution in [2.75, 3.05) is 5.32 Å². The van der Waals surface area contributed by atoms with Crippen LogP contribution in [0.1, 0.15) is 11.1 Å². The van der Waals surface area contributed by atoms with Crippen molar-refractivity contribution < 1.29 is 18.3 Å². The highest BCUT2D eigenvalue weighted by atomic mass is 79.9. The van der Waals surface area contributed by atoms with Gasteiger partial charge in [0.25, 0.3) is 0 Å². The van der Waals surface area contributed by atoms with E-state index in [9.17, 15) is 13.2 Å². The van der Waals surface area contributed by atoms with Crippen molar-refractivity contribution in [3.8, 4) is 0 Å². The number of hydrogen-bond acceptors (Lipinski definition) is 3. The van der Waals surface area contributed by atoms with E-state index in [0.717, 1.165) is 11.6 Å². The highest BCUT2D eigenvalue weighted by Gasteiger charge is 2.19. The Hall–Kier alpha value is -1.60. The normalized spacial score (nSPS) is 10.7. The van der Waals surface area contributed by atoms with E-state index in [1.54, 1.807) is 6.07 Å². The Kier molecular flexibility index (Phi) is 4.29. The van der Waals surface area contributed by atoms with Crippen LogP contribution in [0.2, 0.25) is 0 Å². The van der Waals surface area contributed by atoms with E-state index in [1.165, 1.54) is 6.20 Å². The standard InChI is InChI=1S/C13H10BrF3N2O/c1-6-2-8(14)13(18-4-6)19-12-7(5-20)3-9(15)10(16)11(12)17/h2-4,20H,5H2,1H3,(H,18,19). The van der Waals surface area contributed by atoms with Gasteiger partial charge in [-0.05, 0) is 40.5 Å². The molecule has 0 unspecified atom stereocenters. The van der Waals surface area contributed by atoms with E-state index in [0.29, 0.717) is 4.47 Å². The van der Waals surface area contributed by atoms with Crippen molar-refractivity contribution in [1.82, 2.24) is 4.98 Å². The largest absolute Gasteiger partial charge is 0.392 e. The number of pyridine rings is 1. The number of nitrogens with one attached hydrogen (secondary N) is 1. The summed E-state index contributed by atoms with van der Waals surface area (Å²) in [4.78, 5) is 4.02. The fourth-order valence-corrected chi connectivity index (χ4v) is 2.21. The molecule has 1 aromatic carbocycles. The van der Waals surface area contributed by atoms with E-state index in [2.05, 4.69) is 26.2 Å². The van der Waals surface area contributed by atoms with E-state index < -0.39 is 24.1 Å². The molecule has 2 rings (SSSR count). The Morgan fingerprint density at radius 1 is 1.25 bits per heavy atom. The summed E-state index contributed by atoms with van der Waals surface area (Å²) in [6.07, 6.45) is 1.53. The first-order chi connectivity index (χ1) is 9.43. The topological polar surface area (TPSA) is 45.2 Å². The molecule has 2 aromatic rings. The SMILES string of the molecule is Cc1cnc(Nc2c(CO)cc(F)c(F)c2F)c(Br)c1. The molecule has 0 fully saturated rings. The highest BCUT2D eigenvalue weighted by Crippen LogP contribution is 2.30. The van der Waals surface area contributed by atoms with Gasteiger partial charge in [0.15, 0.2) is 17.5 Å². The summed E-state index contributed by atoms with van der Waals surface area (Å²) in [5, 5.41) is 11.7. The molecule has 1 aromatic heterocycles. The lowest BCUT2D eigenvalue weighted by molar-refractivity contribution is 0.280. The fraction of sp³-hybridized carbons (Fsp3) is 0.154. The Bertz CT molecular complexity index is 665. The molecule has 2 N–H and O–H groups in total. The van der Waals surface area contributed by atoms with E-state index in [1.807, 2.05) is 6.92 Å². The molecule has 0 bridgehead atoms. The zero-order valence-electron chi connectivity index (χ0n) is 10.3. The zero-order chi connectivity index (χ0) is 14.9. The molecule has 20 heavy (non-hydrogen) atoms. The number of rotatable bonds is 3. The average Bonchev–Trinajstić information content (AvgIpc) is 2.41. The summed E-state index contributed by atoms with van der Waals surface area (Å²) in [5.41, 5.74) is 0.426. The fourth-order valence-electron chi connectivity index (χ4n) is 1.65. The van der Waals surface area contributed by atoms with Gasteiger partial charge in [-0.25, -0.2) is 18.2 Å². The van der Waals surface area contributed by atoms with E-state index >= 15 is 0 Å². The second-order valence-electron chi connectivity index (χ2n) is 4.15. The third-order valence-corrected chi connectivity index (χ3v) is 3.24. The van der Waals surface area contributed by atoms with Crippen LogP contribution in [-0.2, 0) is 6.61 Å². The third kappa shape index (κ3) is 2.78.